The summed E-state index contributed by atoms with van der Waals surface area (Å²) in [7, 11) is 0. The summed E-state index contributed by atoms with van der Waals surface area (Å²) in [6, 6.07) is 8.46. The molecule has 1 aromatic rings. The third kappa shape index (κ3) is 3.48. The van der Waals surface area contributed by atoms with Gasteiger partial charge in [0.25, 0.3) is 11.7 Å². The molecule has 1 heterocycles. The van der Waals surface area contributed by atoms with Crippen molar-refractivity contribution in [2.75, 3.05) is 6.26 Å². The normalized spacial score (nSPS) is 16.6. The number of carbonyl (C=O) groups excluding carboxylic acids is 3. The maximum absolute atomic E-state index is 12.1. The number of thioether (sulfide) groups is 1. The minimum atomic E-state index is -1.31. The maximum Gasteiger partial charge on any atom is 0.351 e. The van der Waals surface area contributed by atoms with Gasteiger partial charge in [0.1, 0.15) is 0 Å². The third-order valence-electron chi connectivity index (χ3n) is 2.78. The first-order valence-corrected chi connectivity index (χ1v) is 7.68. The molecular formula is C15H15NO5S. The van der Waals surface area contributed by atoms with Crippen molar-refractivity contribution in [1.82, 2.24) is 5.32 Å². The van der Waals surface area contributed by atoms with E-state index in [-0.39, 0.29) is 10.6 Å². The topological polar surface area (TPSA) is 81.7 Å². The number of ether oxygens (including phenoxy) is 2. The molecule has 0 atom stereocenters. The summed E-state index contributed by atoms with van der Waals surface area (Å²) in [4.78, 5) is 36.1. The molecule has 1 amide bonds. The Morgan fingerprint density at radius 3 is 2.14 bits per heavy atom. The average molecular weight is 321 g/mol. The van der Waals surface area contributed by atoms with Gasteiger partial charge in [-0.2, -0.15) is 0 Å². The smallest absolute Gasteiger partial charge is 0.351 e. The van der Waals surface area contributed by atoms with Gasteiger partial charge in [0.05, 0.1) is 5.03 Å². The summed E-state index contributed by atoms with van der Waals surface area (Å²) in [5.74, 6) is -3.38. The van der Waals surface area contributed by atoms with E-state index in [0.717, 1.165) is 11.8 Å². The zero-order chi connectivity index (χ0) is 16.3. The lowest BCUT2D eigenvalue weighted by Gasteiger charge is -2.30. The molecule has 7 heteroatoms. The van der Waals surface area contributed by atoms with Gasteiger partial charge in [-0.3, -0.25) is 4.79 Å². The molecule has 1 fully saturated rings. The summed E-state index contributed by atoms with van der Waals surface area (Å²) >= 11 is 1.05. The van der Waals surface area contributed by atoms with Crippen molar-refractivity contribution >= 4 is 29.6 Å². The van der Waals surface area contributed by atoms with Crippen LogP contribution in [0.2, 0.25) is 0 Å². The van der Waals surface area contributed by atoms with E-state index in [9.17, 15) is 14.4 Å². The highest BCUT2D eigenvalue weighted by Gasteiger charge is 2.41. The number of amides is 1. The number of carbonyl (C=O) groups is 3. The molecule has 0 radical (unpaired) electrons. The Morgan fingerprint density at radius 1 is 1.09 bits per heavy atom. The number of benzene rings is 1. The molecule has 116 valence electrons. The molecule has 6 nitrogen and oxygen atoms in total. The second kappa shape index (κ2) is 6.23. The first-order valence-electron chi connectivity index (χ1n) is 6.45. The SMILES string of the molecule is CSC(NC(=O)c1ccccc1)=C1C(=O)OC(C)(C)OC1=O. The first kappa shape index (κ1) is 16.1. The first-order chi connectivity index (χ1) is 10.3. The molecule has 1 aliphatic rings. The lowest BCUT2D eigenvalue weighted by Crippen LogP contribution is -2.43. The molecule has 0 unspecified atom stereocenters. The van der Waals surface area contributed by atoms with Crippen LogP contribution in [0.25, 0.3) is 0 Å². The van der Waals surface area contributed by atoms with Crippen LogP contribution in [0.15, 0.2) is 40.9 Å². The zero-order valence-corrected chi connectivity index (χ0v) is 13.2. The van der Waals surface area contributed by atoms with Crippen LogP contribution in [0.4, 0.5) is 0 Å². The van der Waals surface area contributed by atoms with Crippen LogP contribution in [0, 0.1) is 0 Å². The Labute approximate surface area is 131 Å². The van der Waals surface area contributed by atoms with E-state index in [0.29, 0.717) is 5.56 Å². The Balaban J connectivity index is 2.29. The number of nitrogens with one attached hydrogen (secondary N) is 1. The molecule has 1 N–H and O–H groups in total. The number of cyclic esters (lactones) is 2. The monoisotopic (exact) mass is 321 g/mol. The number of rotatable bonds is 3. The summed E-state index contributed by atoms with van der Waals surface area (Å²) in [5, 5.41) is 2.64. The van der Waals surface area contributed by atoms with Gasteiger partial charge in [-0.25, -0.2) is 9.59 Å². The van der Waals surface area contributed by atoms with Crippen molar-refractivity contribution in [3.05, 3.63) is 46.5 Å². The van der Waals surface area contributed by atoms with E-state index in [1.165, 1.54) is 13.8 Å². The van der Waals surface area contributed by atoms with Crippen LogP contribution in [-0.2, 0) is 19.1 Å². The van der Waals surface area contributed by atoms with Gasteiger partial charge in [-0.1, -0.05) is 18.2 Å². The summed E-state index contributed by atoms with van der Waals surface area (Å²) in [5.41, 5.74) is 0.101. The molecule has 1 aliphatic heterocycles. The van der Waals surface area contributed by atoms with Gasteiger partial charge in [-0.05, 0) is 18.4 Å². The van der Waals surface area contributed by atoms with Gasteiger partial charge in [0.2, 0.25) is 0 Å². The molecule has 1 saturated heterocycles. The number of hydrogen-bond donors (Lipinski definition) is 1. The predicted octanol–water partition coefficient (Wildman–Crippen LogP) is 1.83. The van der Waals surface area contributed by atoms with Crippen LogP contribution >= 0.6 is 11.8 Å². The quantitative estimate of drug-likeness (QED) is 0.519. The zero-order valence-electron chi connectivity index (χ0n) is 12.3. The van der Waals surface area contributed by atoms with Gasteiger partial charge < -0.3 is 14.8 Å². The van der Waals surface area contributed by atoms with E-state index in [1.807, 2.05) is 0 Å². The molecule has 0 spiro atoms. The molecule has 22 heavy (non-hydrogen) atoms. The minimum Gasteiger partial charge on any atom is -0.419 e. The second-order valence-corrected chi connectivity index (χ2v) is 5.72. The largest absolute Gasteiger partial charge is 0.419 e. The van der Waals surface area contributed by atoms with Crippen molar-refractivity contribution in [2.24, 2.45) is 0 Å². The van der Waals surface area contributed by atoms with Crippen molar-refractivity contribution in [2.45, 2.75) is 19.6 Å². The highest BCUT2D eigenvalue weighted by atomic mass is 32.2. The standard InChI is InChI=1S/C15H15NO5S/c1-15(2)20-13(18)10(14(19)21-15)12(22-3)16-11(17)9-7-5-4-6-8-9/h4-8H,1-3H3,(H,16,17). The molecule has 0 bridgehead atoms. The Morgan fingerprint density at radius 2 is 1.64 bits per heavy atom. The van der Waals surface area contributed by atoms with Crippen LogP contribution in [0.5, 0.6) is 0 Å². The molecular weight excluding hydrogens is 306 g/mol. The molecule has 0 aliphatic carbocycles. The van der Waals surface area contributed by atoms with E-state index in [2.05, 4.69) is 5.32 Å². The average Bonchev–Trinajstić information content (AvgIpc) is 2.44. The van der Waals surface area contributed by atoms with Gasteiger partial charge in [0.15, 0.2) is 5.57 Å². The lowest BCUT2D eigenvalue weighted by molar-refractivity contribution is -0.222. The second-order valence-electron chi connectivity index (χ2n) is 4.91. The Kier molecular flexibility index (Phi) is 4.56. The van der Waals surface area contributed by atoms with Crippen molar-refractivity contribution in [1.29, 1.82) is 0 Å². The van der Waals surface area contributed by atoms with Gasteiger partial charge in [0, 0.05) is 19.4 Å². The van der Waals surface area contributed by atoms with Crippen LogP contribution in [-0.4, -0.2) is 29.9 Å². The van der Waals surface area contributed by atoms with E-state index < -0.39 is 23.6 Å². The van der Waals surface area contributed by atoms with E-state index >= 15 is 0 Å². The fraction of sp³-hybridized carbons (Fsp3) is 0.267. The molecule has 0 saturated carbocycles. The Hall–Kier alpha value is -2.28. The Bertz CT molecular complexity index is 629. The maximum atomic E-state index is 12.1. The fourth-order valence-corrected chi connectivity index (χ4v) is 2.38. The highest BCUT2D eigenvalue weighted by molar-refractivity contribution is 8.02. The number of esters is 2. The summed E-state index contributed by atoms with van der Waals surface area (Å²) in [6.07, 6.45) is 1.63. The van der Waals surface area contributed by atoms with E-state index in [1.54, 1.807) is 36.6 Å². The lowest BCUT2D eigenvalue weighted by atomic mass is 10.2. The van der Waals surface area contributed by atoms with Crippen LogP contribution in [0.1, 0.15) is 24.2 Å². The predicted molar refractivity (Wildman–Crippen MR) is 80.7 cm³/mol. The summed E-state index contributed by atoms with van der Waals surface area (Å²) in [6.45, 7) is 2.92. The third-order valence-corrected chi connectivity index (χ3v) is 3.49. The van der Waals surface area contributed by atoms with E-state index in [4.69, 9.17) is 9.47 Å². The summed E-state index contributed by atoms with van der Waals surface area (Å²) < 4.78 is 10.0. The van der Waals surface area contributed by atoms with Crippen molar-refractivity contribution in [3.63, 3.8) is 0 Å². The van der Waals surface area contributed by atoms with Gasteiger partial charge >= 0.3 is 11.9 Å². The fourth-order valence-electron chi connectivity index (χ4n) is 1.82. The van der Waals surface area contributed by atoms with Crippen LogP contribution in [0.3, 0.4) is 0 Å². The number of hydrogen-bond acceptors (Lipinski definition) is 6. The van der Waals surface area contributed by atoms with Crippen molar-refractivity contribution < 1.29 is 23.9 Å². The van der Waals surface area contributed by atoms with Crippen molar-refractivity contribution in [3.8, 4) is 0 Å². The highest BCUT2D eigenvalue weighted by Crippen LogP contribution is 2.27. The minimum absolute atomic E-state index is 0.0966. The molecule has 2 rings (SSSR count). The van der Waals surface area contributed by atoms with Crippen LogP contribution < -0.4 is 5.32 Å². The molecule has 0 aromatic heterocycles. The molecule has 1 aromatic carbocycles. The van der Waals surface area contributed by atoms with Gasteiger partial charge in [-0.15, -0.1) is 11.8 Å².